The number of likely N-dealkylation sites (tertiary alicyclic amines) is 1. The average molecular weight is 395 g/mol. The number of piperidine rings is 1. The summed E-state index contributed by atoms with van der Waals surface area (Å²) in [5, 5.41) is 7.75. The van der Waals surface area contributed by atoms with E-state index in [0.29, 0.717) is 24.7 Å². The molecule has 4 heterocycles. The molecule has 0 aliphatic carbocycles. The molecular formula is C20H25N7O2. The third kappa shape index (κ3) is 4.44. The van der Waals surface area contributed by atoms with Gasteiger partial charge in [0.15, 0.2) is 5.82 Å². The van der Waals surface area contributed by atoms with E-state index in [-0.39, 0.29) is 12.1 Å². The Morgan fingerprint density at radius 1 is 1.28 bits per heavy atom. The minimum Gasteiger partial charge on any atom is -0.444 e. The van der Waals surface area contributed by atoms with E-state index >= 15 is 0 Å². The second kappa shape index (κ2) is 7.65. The van der Waals surface area contributed by atoms with Crippen molar-refractivity contribution in [1.82, 2.24) is 29.5 Å². The third-order valence-corrected chi connectivity index (χ3v) is 4.65. The van der Waals surface area contributed by atoms with E-state index in [4.69, 9.17) is 4.74 Å². The summed E-state index contributed by atoms with van der Waals surface area (Å²) in [6.07, 6.45) is 10.3. The highest BCUT2D eigenvalue weighted by molar-refractivity contribution is 5.75. The van der Waals surface area contributed by atoms with Crippen LogP contribution in [0.25, 0.3) is 16.9 Å². The lowest BCUT2D eigenvalue weighted by Crippen LogP contribution is -2.47. The van der Waals surface area contributed by atoms with Crippen molar-refractivity contribution in [2.45, 2.75) is 45.3 Å². The van der Waals surface area contributed by atoms with Crippen LogP contribution >= 0.6 is 0 Å². The van der Waals surface area contributed by atoms with Gasteiger partial charge in [-0.15, -0.1) is 0 Å². The van der Waals surface area contributed by atoms with E-state index in [1.54, 1.807) is 40.4 Å². The molecule has 0 bridgehead atoms. The first-order chi connectivity index (χ1) is 13.9. The van der Waals surface area contributed by atoms with Gasteiger partial charge in [0.25, 0.3) is 0 Å². The topological polar surface area (TPSA) is 97.5 Å². The molecule has 29 heavy (non-hydrogen) atoms. The number of nitrogens with one attached hydrogen (secondary N) is 1. The third-order valence-electron chi connectivity index (χ3n) is 4.65. The van der Waals surface area contributed by atoms with E-state index in [1.165, 1.54) is 0 Å². The number of ether oxygens (including phenoxy) is 1. The van der Waals surface area contributed by atoms with Crippen molar-refractivity contribution >= 4 is 17.4 Å². The van der Waals surface area contributed by atoms with Crippen molar-refractivity contribution in [3.05, 3.63) is 37.1 Å². The van der Waals surface area contributed by atoms with Gasteiger partial charge in [-0.25, -0.2) is 19.3 Å². The van der Waals surface area contributed by atoms with Gasteiger partial charge in [-0.3, -0.25) is 4.98 Å². The molecule has 0 radical (unpaired) electrons. The van der Waals surface area contributed by atoms with Gasteiger partial charge in [-0.2, -0.15) is 5.10 Å². The van der Waals surface area contributed by atoms with Crippen LogP contribution < -0.4 is 5.32 Å². The van der Waals surface area contributed by atoms with Crippen molar-refractivity contribution in [1.29, 1.82) is 0 Å². The standard InChI is InChI=1S/C20H25N7O2/c1-20(2,3)29-19(28)26-9-4-5-14(13-26)24-17-6-7-22-18(25-17)15-11-23-27-10-8-21-12-16(15)27/h6-8,10-12,14H,4-5,9,13H2,1-3H3,(H,22,24,25). The minimum absolute atomic E-state index is 0.101. The summed E-state index contributed by atoms with van der Waals surface area (Å²) in [6, 6.07) is 1.93. The molecule has 9 heteroatoms. The first-order valence-corrected chi connectivity index (χ1v) is 9.74. The monoisotopic (exact) mass is 395 g/mol. The summed E-state index contributed by atoms with van der Waals surface area (Å²) in [5.74, 6) is 1.30. The van der Waals surface area contributed by atoms with E-state index in [2.05, 4.69) is 25.4 Å². The van der Waals surface area contributed by atoms with Gasteiger partial charge >= 0.3 is 6.09 Å². The zero-order valence-electron chi connectivity index (χ0n) is 16.9. The lowest BCUT2D eigenvalue weighted by Gasteiger charge is -2.34. The summed E-state index contributed by atoms with van der Waals surface area (Å²) in [6.45, 7) is 6.92. The SMILES string of the molecule is CC(C)(C)OC(=O)N1CCCC(Nc2ccnc(-c3cnn4ccncc34)n2)C1. The van der Waals surface area contributed by atoms with Crippen molar-refractivity contribution in [2.24, 2.45) is 0 Å². The van der Waals surface area contributed by atoms with E-state index in [1.807, 2.05) is 26.8 Å². The predicted octanol–water partition coefficient (Wildman–Crippen LogP) is 3.00. The van der Waals surface area contributed by atoms with Crippen molar-refractivity contribution in [2.75, 3.05) is 18.4 Å². The molecule has 0 aromatic carbocycles. The normalized spacial score (nSPS) is 17.3. The maximum absolute atomic E-state index is 12.4. The molecule has 3 aromatic rings. The molecular weight excluding hydrogens is 370 g/mol. The molecule has 0 spiro atoms. The number of hydrogen-bond acceptors (Lipinski definition) is 7. The number of anilines is 1. The van der Waals surface area contributed by atoms with Crippen LogP contribution in [0, 0.1) is 0 Å². The molecule has 1 aliphatic heterocycles. The number of rotatable bonds is 3. The summed E-state index contributed by atoms with van der Waals surface area (Å²) in [4.78, 5) is 27.3. The summed E-state index contributed by atoms with van der Waals surface area (Å²) in [5.41, 5.74) is 1.17. The van der Waals surface area contributed by atoms with E-state index < -0.39 is 5.60 Å². The van der Waals surface area contributed by atoms with Gasteiger partial charge in [0.1, 0.15) is 11.4 Å². The molecule has 1 saturated heterocycles. The average Bonchev–Trinajstić information content (AvgIpc) is 3.11. The Bertz CT molecular complexity index is 1010. The molecule has 4 rings (SSSR count). The van der Waals surface area contributed by atoms with Crippen LogP contribution in [-0.2, 0) is 4.74 Å². The second-order valence-corrected chi connectivity index (χ2v) is 8.14. The van der Waals surface area contributed by atoms with Crippen LogP contribution in [0.5, 0.6) is 0 Å². The van der Waals surface area contributed by atoms with Gasteiger partial charge in [0.05, 0.1) is 23.5 Å². The molecule has 1 amide bonds. The first kappa shape index (κ1) is 19.1. The zero-order valence-corrected chi connectivity index (χ0v) is 16.9. The predicted molar refractivity (Wildman–Crippen MR) is 108 cm³/mol. The quantitative estimate of drug-likeness (QED) is 0.728. The van der Waals surface area contributed by atoms with Crippen molar-refractivity contribution < 1.29 is 9.53 Å². The minimum atomic E-state index is -0.498. The smallest absolute Gasteiger partial charge is 0.410 e. The Morgan fingerprint density at radius 3 is 2.97 bits per heavy atom. The van der Waals surface area contributed by atoms with Crippen LogP contribution in [0.2, 0.25) is 0 Å². The van der Waals surface area contributed by atoms with Gasteiger partial charge < -0.3 is 15.0 Å². The van der Waals surface area contributed by atoms with Gasteiger partial charge in [0, 0.05) is 37.7 Å². The lowest BCUT2D eigenvalue weighted by molar-refractivity contribution is 0.0206. The summed E-state index contributed by atoms with van der Waals surface area (Å²) in [7, 11) is 0. The van der Waals surface area contributed by atoms with Crippen molar-refractivity contribution in [3.63, 3.8) is 0 Å². The lowest BCUT2D eigenvalue weighted by atomic mass is 10.1. The number of carbonyl (C=O) groups is 1. The highest BCUT2D eigenvalue weighted by atomic mass is 16.6. The molecule has 1 unspecified atom stereocenters. The molecule has 1 fully saturated rings. The zero-order chi connectivity index (χ0) is 20.4. The number of fused-ring (bicyclic) bond motifs is 1. The Hall–Kier alpha value is -3.23. The number of amides is 1. The summed E-state index contributed by atoms with van der Waals surface area (Å²) >= 11 is 0. The highest BCUT2D eigenvalue weighted by Crippen LogP contribution is 2.22. The number of carbonyl (C=O) groups excluding carboxylic acids is 1. The fourth-order valence-corrected chi connectivity index (χ4v) is 3.37. The first-order valence-electron chi connectivity index (χ1n) is 9.74. The van der Waals surface area contributed by atoms with Gasteiger partial charge in [-0.05, 0) is 39.7 Å². The number of aromatic nitrogens is 5. The Kier molecular flexibility index (Phi) is 5.04. The molecule has 152 valence electrons. The number of hydrogen-bond donors (Lipinski definition) is 1. The fourth-order valence-electron chi connectivity index (χ4n) is 3.37. The largest absolute Gasteiger partial charge is 0.444 e. The summed E-state index contributed by atoms with van der Waals surface area (Å²) < 4.78 is 7.24. The Balaban J connectivity index is 1.47. The van der Waals surface area contributed by atoms with Crippen LogP contribution in [0.1, 0.15) is 33.6 Å². The molecule has 1 N–H and O–H groups in total. The maximum atomic E-state index is 12.4. The van der Waals surface area contributed by atoms with Crippen molar-refractivity contribution in [3.8, 4) is 11.4 Å². The Labute approximate surface area is 169 Å². The maximum Gasteiger partial charge on any atom is 0.410 e. The molecule has 3 aromatic heterocycles. The number of nitrogens with zero attached hydrogens (tertiary/aromatic N) is 6. The van der Waals surface area contributed by atoms with Crippen LogP contribution in [0.4, 0.5) is 10.6 Å². The van der Waals surface area contributed by atoms with Crippen LogP contribution in [0.15, 0.2) is 37.1 Å². The molecule has 9 nitrogen and oxygen atoms in total. The van der Waals surface area contributed by atoms with Gasteiger partial charge in [0.2, 0.25) is 0 Å². The molecule has 1 atom stereocenters. The Morgan fingerprint density at radius 2 is 2.14 bits per heavy atom. The van der Waals surface area contributed by atoms with E-state index in [0.717, 1.165) is 23.9 Å². The van der Waals surface area contributed by atoms with Gasteiger partial charge in [-0.1, -0.05) is 0 Å². The molecule has 1 aliphatic rings. The highest BCUT2D eigenvalue weighted by Gasteiger charge is 2.27. The molecule has 0 saturated carbocycles. The second-order valence-electron chi connectivity index (χ2n) is 8.14. The van der Waals surface area contributed by atoms with E-state index in [9.17, 15) is 4.79 Å². The van der Waals surface area contributed by atoms with Crippen LogP contribution in [0.3, 0.4) is 0 Å². The fraction of sp³-hybridized carbons (Fsp3) is 0.450. The van der Waals surface area contributed by atoms with Crippen LogP contribution in [-0.4, -0.2) is 60.3 Å².